The lowest BCUT2D eigenvalue weighted by Gasteiger charge is -2.35. The molecule has 1 atom stereocenters. The number of methoxy groups -OCH3 is 1. The molecule has 2 heterocycles. The smallest absolute Gasteiger partial charge is 0.231 e. The van der Waals surface area contributed by atoms with Crippen molar-refractivity contribution in [3.05, 3.63) is 29.8 Å². The van der Waals surface area contributed by atoms with E-state index in [2.05, 4.69) is 35.9 Å². The third kappa shape index (κ3) is 3.05. The molecule has 1 aromatic carbocycles. The Kier molecular flexibility index (Phi) is 4.55. The zero-order valence-corrected chi connectivity index (χ0v) is 13.4. The van der Waals surface area contributed by atoms with E-state index in [1.807, 2.05) is 0 Å². The number of piperazine rings is 1. The van der Waals surface area contributed by atoms with Crippen LogP contribution in [0, 0.1) is 0 Å². The van der Waals surface area contributed by atoms with Gasteiger partial charge in [0.05, 0.1) is 7.11 Å². The second-order valence-electron chi connectivity index (χ2n) is 5.92. The van der Waals surface area contributed by atoms with Gasteiger partial charge in [-0.25, -0.2) is 0 Å². The molecule has 120 valence electrons. The van der Waals surface area contributed by atoms with Crippen molar-refractivity contribution in [2.75, 3.05) is 40.1 Å². The van der Waals surface area contributed by atoms with Crippen LogP contribution in [0.15, 0.2) is 24.3 Å². The molecular weight excluding hydrogens is 280 g/mol. The van der Waals surface area contributed by atoms with Crippen molar-refractivity contribution in [3.63, 3.8) is 0 Å². The minimum Gasteiger partial charge on any atom is -0.493 e. The Morgan fingerprint density at radius 3 is 2.82 bits per heavy atom. The lowest BCUT2D eigenvalue weighted by molar-refractivity contribution is 0.169. The molecule has 2 aliphatic rings. The molecule has 1 saturated heterocycles. The minimum absolute atomic E-state index is 0.258. The molecule has 0 radical (unpaired) electrons. The molecule has 1 aromatic rings. The van der Waals surface area contributed by atoms with E-state index in [0.29, 0.717) is 11.8 Å². The van der Waals surface area contributed by atoms with E-state index in [1.54, 1.807) is 7.11 Å². The molecule has 5 nitrogen and oxygen atoms in total. The zero-order chi connectivity index (χ0) is 15.5. The number of nitrogens with one attached hydrogen (secondary N) is 1. The summed E-state index contributed by atoms with van der Waals surface area (Å²) < 4.78 is 16.5. The van der Waals surface area contributed by atoms with Crippen LogP contribution in [0.1, 0.15) is 24.9 Å². The maximum absolute atomic E-state index is 5.57. The second-order valence-corrected chi connectivity index (χ2v) is 5.92. The molecule has 0 aliphatic carbocycles. The van der Waals surface area contributed by atoms with E-state index in [4.69, 9.17) is 14.2 Å². The van der Waals surface area contributed by atoms with Crippen LogP contribution in [-0.2, 0) is 0 Å². The van der Waals surface area contributed by atoms with Gasteiger partial charge in [-0.05, 0) is 31.0 Å². The van der Waals surface area contributed by atoms with E-state index in [9.17, 15) is 0 Å². The average Bonchev–Trinajstić information content (AvgIpc) is 3.00. The standard InChI is InChI=1S/C17H24N2O3/c1-12(2)8-14(19-6-4-18-5-7-19)13-9-15(20-3)17-16(10-13)21-11-22-17/h9-10,14,18H,1,4-8,11H2,2-3H3/t14-/m1/s1. The van der Waals surface area contributed by atoms with Gasteiger partial charge in [-0.3, -0.25) is 4.90 Å². The van der Waals surface area contributed by atoms with Crippen LogP contribution in [-0.4, -0.2) is 45.0 Å². The van der Waals surface area contributed by atoms with Crippen molar-refractivity contribution >= 4 is 0 Å². The topological polar surface area (TPSA) is 43.0 Å². The molecule has 0 aromatic heterocycles. The molecule has 0 unspecified atom stereocenters. The summed E-state index contributed by atoms with van der Waals surface area (Å²) in [7, 11) is 1.67. The Morgan fingerprint density at radius 1 is 1.36 bits per heavy atom. The van der Waals surface area contributed by atoms with Gasteiger partial charge in [-0.1, -0.05) is 5.57 Å². The van der Waals surface area contributed by atoms with E-state index in [0.717, 1.165) is 44.1 Å². The van der Waals surface area contributed by atoms with Crippen LogP contribution in [0.4, 0.5) is 0 Å². The van der Waals surface area contributed by atoms with Gasteiger partial charge in [0.25, 0.3) is 0 Å². The Hall–Kier alpha value is -1.72. The summed E-state index contributed by atoms with van der Waals surface area (Å²) in [5, 5.41) is 3.41. The lowest BCUT2D eigenvalue weighted by atomic mass is 9.97. The summed E-state index contributed by atoms with van der Waals surface area (Å²) in [5.74, 6) is 2.23. The molecule has 22 heavy (non-hydrogen) atoms. The van der Waals surface area contributed by atoms with Gasteiger partial charge in [0.15, 0.2) is 11.5 Å². The fourth-order valence-electron chi connectivity index (χ4n) is 3.12. The van der Waals surface area contributed by atoms with Gasteiger partial charge < -0.3 is 19.5 Å². The average molecular weight is 304 g/mol. The highest BCUT2D eigenvalue weighted by Crippen LogP contribution is 2.44. The van der Waals surface area contributed by atoms with Gasteiger partial charge >= 0.3 is 0 Å². The van der Waals surface area contributed by atoms with Crippen molar-refractivity contribution < 1.29 is 14.2 Å². The second kappa shape index (κ2) is 6.58. The first-order chi connectivity index (χ1) is 10.7. The van der Waals surface area contributed by atoms with E-state index in [1.165, 1.54) is 11.1 Å². The molecule has 1 N–H and O–H groups in total. The molecule has 0 bridgehead atoms. The predicted octanol–water partition coefficient (Wildman–Crippen LogP) is 2.34. The highest BCUT2D eigenvalue weighted by atomic mass is 16.7. The molecule has 5 heteroatoms. The van der Waals surface area contributed by atoms with Gasteiger partial charge in [-0.2, -0.15) is 0 Å². The molecule has 0 amide bonds. The third-order valence-corrected chi connectivity index (χ3v) is 4.20. The highest BCUT2D eigenvalue weighted by Gasteiger charge is 2.27. The zero-order valence-electron chi connectivity index (χ0n) is 13.4. The SMILES string of the molecule is C=C(C)C[C@H](c1cc(OC)c2c(c1)OCO2)N1CCNCC1. The summed E-state index contributed by atoms with van der Waals surface area (Å²) in [6.07, 6.45) is 0.933. The fraction of sp³-hybridized carbons (Fsp3) is 0.529. The van der Waals surface area contributed by atoms with Crippen LogP contribution in [0.2, 0.25) is 0 Å². The summed E-state index contributed by atoms with van der Waals surface area (Å²) in [6.45, 7) is 10.6. The Bertz CT molecular complexity index is 553. The van der Waals surface area contributed by atoms with Crippen molar-refractivity contribution in [2.24, 2.45) is 0 Å². The Labute approximate surface area is 131 Å². The van der Waals surface area contributed by atoms with E-state index >= 15 is 0 Å². The van der Waals surface area contributed by atoms with Crippen LogP contribution in [0.25, 0.3) is 0 Å². The molecular formula is C17H24N2O3. The first-order valence-corrected chi connectivity index (χ1v) is 7.75. The van der Waals surface area contributed by atoms with E-state index < -0.39 is 0 Å². The van der Waals surface area contributed by atoms with Crippen molar-refractivity contribution in [3.8, 4) is 17.2 Å². The van der Waals surface area contributed by atoms with Crippen LogP contribution in [0.5, 0.6) is 17.2 Å². The molecule has 0 spiro atoms. The highest BCUT2D eigenvalue weighted by molar-refractivity contribution is 5.55. The molecule has 2 aliphatic heterocycles. The van der Waals surface area contributed by atoms with Crippen LogP contribution >= 0.6 is 0 Å². The number of fused-ring (bicyclic) bond motifs is 1. The summed E-state index contributed by atoms with van der Waals surface area (Å²) in [4.78, 5) is 2.50. The predicted molar refractivity (Wildman–Crippen MR) is 85.7 cm³/mol. The largest absolute Gasteiger partial charge is 0.493 e. The number of benzene rings is 1. The maximum Gasteiger partial charge on any atom is 0.231 e. The van der Waals surface area contributed by atoms with Gasteiger partial charge in [0.2, 0.25) is 12.5 Å². The number of hydrogen-bond acceptors (Lipinski definition) is 5. The van der Waals surface area contributed by atoms with E-state index in [-0.39, 0.29) is 6.79 Å². The quantitative estimate of drug-likeness (QED) is 0.846. The molecule has 3 rings (SSSR count). The molecule has 0 saturated carbocycles. The number of hydrogen-bond donors (Lipinski definition) is 1. The Balaban J connectivity index is 1.94. The summed E-state index contributed by atoms with van der Waals surface area (Å²) in [5.41, 5.74) is 2.38. The summed E-state index contributed by atoms with van der Waals surface area (Å²) in [6, 6.07) is 4.45. The van der Waals surface area contributed by atoms with Gasteiger partial charge in [0, 0.05) is 32.2 Å². The number of nitrogens with zero attached hydrogens (tertiary/aromatic N) is 1. The first kappa shape index (κ1) is 15.2. The van der Waals surface area contributed by atoms with Crippen molar-refractivity contribution in [1.29, 1.82) is 0 Å². The monoisotopic (exact) mass is 304 g/mol. The van der Waals surface area contributed by atoms with Crippen molar-refractivity contribution in [2.45, 2.75) is 19.4 Å². The Morgan fingerprint density at radius 2 is 2.14 bits per heavy atom. The van der Waals surface area contributed by atoms with Crippen LogP contribution in [0.3, 0.4) is 0 Å². The third-order valence-electron chi connectivity index (χ3n) is 4.20. The maximum atomic E-state index is 5.57. The van der Waals surface area contributed by atoms with Gasteiger partial charge in [0.1, 0.15) is 0 Å². The first-order valence-electron chi connectivity index (χ1n) is 7.75. The lowest BCUT2D eigenvalue weighted by Crippen LogP contribution is -2.45. The number of ether oxygens (including phenoxy) is 3. The molecule has 1 fully saturated rings. The van der Waals surface area contributed by atoms with Crippen molar-refractivity contribution in [1.82, 2.24) is 10.2 Å². The summed E-state index contributed by atoms with van der Waals surface area (Å²) >= 11 is 0. The minimum atomic E-state index is 0.258. The van der Waals surface area contributed by atoms with Crippen LogP contribution < -0.4 is 19.5 Å². The normalized spacial score (nSPS) is 19.0. The number of rotatable bonds is 5. The van der Waals surface area contributed by atoms with Gasteiger partial charge in [-0.15, -0.1) is 6.58 Å². The fourth-order valence-corrected chi connectivity index (χ4v) is 3.12.